The van der Waals surface area contributed by atoms with Crippen LogP contribution in [0.15, 0.2) is 24.3 Å². The number of thiophene rings is 1. The molecule has 2 nitrogen and oxygen atoms in total. The number of hydrogen-bond acceptors (Lipinski definition) is 3. The van der Waals surface area contributed by atoms with E-state index >= 15 is 0 Å². The molecular weight excluding hydrogens is 240 g/mol. The maximum absolute atomic E-state index is 3.40. The summed E-state index contributed by atoms with van der Waals surface area (Å²) in [5.74, 6) is 0.630. The summed E-state index contributed by atoms with van der Waals surface area (Å²) >= 11 is 1.93. The first kappa shape index (κ1) is 12.0. The molecule has 1 fully saturated rings. The molecule has 0 saturated carbocycles. The van der Waals surface area contributed by atoms with E-state index < -0.39 is 0 Å². The summed E-state index contributed by atoms with van der Waals surface area (Å²) in [5, 5.41) is 4.80. The minimum atomic E-state index is 0.630. The quantitative estimate of drug-likeness (QED) is 0.890. The first-order valence-corrected chi connectivity index (χ1v) is 7.55. The molecule has 0 unspecified atom stereocenters. The van der Waals surface area contributed by atoms with Crippen LogP contribution >= 0.6 is 11.3 Å². The highest BCUT2D eigenvalue weighted by molar-refractivity contribution is 7.19. The first-order valence-electron chi connectivity index (χ1n) is 6.73. The molecule has 2 heterocycles. The number of piperazine rings is 1. The van der Waals surface area contributed by atoms with Gasteiger partial charge in [-0.1, -0.05) is 13.8 Å². The van der Waals surface area contributed by atoms with Gasteiger partial charge in [-0.05, 0) is 35.6 Å². The van der Waals surface area contributed by atoms with Gasteiger partial charge in [0, 0.05) is 41.4 Å². The van der Waals surface area contributed by atoms with Crippen molar-refractivity contribution < 1.29 is 0 Å². The lowest BCUT2D eigenvalue weighted by Crippen LogP contribution is -2.43. The normalized spacial score (nSPS) is 16.7. The van der Waals surface area contributed by atoms with E-state index in [-0.39, 0.29) is 0 Å². The molecule has 0 aliphatic carbocycles. The van der Waals surface area contributed by atoms with Gasteiger partial charge in [-0.2, -0.15) is 0 Å². The third-order valence-electron chi connectivity index (χ3n) is 3.57. The fourth-order valence-electron chi connectivity index (χ4n) is 2.46. The number of benzene rings is 1. The van der Waals surface area contributed by atoms with Crippen molar-refractivity contribution in [3.05, 3.63) is 29.1 Å². The van der Waals surface area contributed by atoms with Gasteiger partial charge in [0.05, 0.1) is 0 Å². The minimum Gasteiger partial charge on any atom is -0.369 e. The zero-order valence-corrected chi connectivity index (χ0v) is 11.9. The maximum atomic E-state index is 3.40. The molecule has 0 amide bonds. The van der Waals surface area contributed by atoms with Crippen LogP contribution in [0.5, 0.6) is 0 Å². The Balaban J connectivity index is 1.94. The fourth-order valence-corrected chi connectivity index (χ4v) is 3.50. The van der Waals surface area contributed by atoms with Crippen molar-refractivity contribution in [2.45, 2.75) is 19.8 Å². The minimum absolute atomic E-state index is 0.630. The van der Waals surface area contributed by atoms with Crippen molar-refractivity contribution in [3.63, 3.8) is 0 Å². The molecular formula is C15H20N2S. The van der Waals surface area contributed by atoms with E-state index in [1.807, 2.05) is 11.3 Å². The van der Waals surface area contributed by atoms with E-state index in [1.165, 1.54) is 20.7 Å². The number of rotatable bonds is 2. The van der Waals surface area contributed by atoms with E-state index in [2.05, 4.69) is 48.3 Å². The van der Waals surface area contributed by atoms with Crippen molar-refractivity contribution in [2.75, 3.05) is 31.1 Å². The van der Waals surface area contributed by atoms with Crippen molar-refractivity contribution in [1.29, 1.82) is 0 Å². The lowest BCUT2D eigenvalue weighted by Gasteiger charge is -2.29. The molecule has 1 N–H and O–H groups in total. The average Bonchev–Trinajstić information content (AvgIpc) is 2.82. The Labute approximate surface area is 113 Å². The lowest BCUT2D eigenvalue weighted by atomic mass is 10.1. The van der Waals surface area contributed by atoms with Crippen LogP contribution in [0, 0.1) is 0 Å². The summed E-state index contributed by atoms with van der Waals surface area (Å²) < 4.78 is 1.41. The Kier molecular flexibility index (Phi) is 3.27. The van der Waals surface area contributed by atoms with Crippen LogP contribution in [0.25, 0.3) is 10.1 Å². The standard InChI is InChI=1S/C15H20N2S/c1-11(2)15-10-12-9-13(3-4-14(12)18-15)17-7-5-16-6-8-17/h3-4,9-11,16H,5-8H2,1-2H3. The second-order valence-electron chi connectivity index (χ2n) is 5.26. The van der Waals surface area contributed by atoms with Gasteiger partial charge in [0.1, 0.15) is 0 Å². The SMILES string of the molecule is CC(C)c1cc2cc(N3CCNCC3)ccc2s1. The molecule has 1 aliphatic heterocycles. The Morgan fingerprint density at radius 2 is 1.94 bits per heavy atom. The third kappa shape index (κ3) is 2.25. The summed E-state index contributed by atoms with van der Waals surface area (Å²) in [6.45, 7) is 8.96. The van der Waals surface area contributed by atoms with Gasteiger partial charge in [0.2, 0.25) is 0 Å². The largest absolute Gasteiger partial charge is 0.369 e. The Morgan fingerprint density at radius 3 is 2.67 bits per heavy atom. The van der Waals surface area contributed by atoms with Gasteiger partial charge >= 0.3 is 0 Å². The summed E-state index contributed by atoms with van der Waals surface area (Å²) in [4.78, 5) is 3.96. The molecule has 2 aromatic rings. The Hall–Kier alpha value is -1.06. The second-order valence-corrected chi connectivity index (χ2v) is 6.38. The molecule has 0 radical (unpaired) electrons. The van der Waals surface area contributed by atoms with Crippen LogP contribution in [-0.4, -0.2) is 26.2 Å². The van der Waals surface area contributed by atoms with Crippen molar-refractivity contribution in [3.8, 4) is 0 Å². The molecule has 0 spiro atoms. The number of fused-ring (bicyclic) bond motifs is 1. The van der Waals surface area contributed by atoms with Gasteiger partial charge < -0.3 is 10.2 Å². The molecule has 0 bridgehead atoms. The van der Waals surface area contributed by atoms with E-state index in [4.69, 9.17) is 0 Å². The zero-order chi connectivity index (χ0) is 12.5. The molecule has 1 aromatic carbocycles. The summed E-state index contributed by atoms with van der Waals surface area (Å²) in [7, 11) is 0. The predicted molar refractivity (Wildman–Crippen MR) is 81.0 cm³/mol. The zero-order valence-electron chi connectivity index (χ0n) is 11.1. The van der Waals surface area contributed by atoms with Gasteiger partial charge in [-0.25, -0.2) is 0 Å². The molecule has 3 heteroatoms. The highest BCUT2D eigenvalue weighted by Gasteiger charge is 2.12. The Morgan fingerprint density at radius 1 is 1.17 bits per heavy atom. The van der Waals surface area contributed by atoms with Gasteiger partial charge in [-0.15, -0.1) is 11.3 Å². The van der Waals surface area contributed by atoms with Crippen LogP contribution in [-0.2, 0) is 0 Å². The second kappa shape index (κ2) is 4.90. The van der Waals surface area contributed by atoms with Crippen molar-refractivity contribution >= 4 is 27.1 Å². The topological polar surface area (TPSA) is 15.3 Å². The highest BCUT2D eigenvalue weighted by Crippen LogP contribution is 2.33. The maximum Gasteiger partial charge on any atom is 0.0374 e. The van der Waals surface area contributed by atoms with E-state index in [1.54, 1.807) is 0 Å². The molecule has 0 atom stereocenters. The number of nitrogens with zero attached hydrogens (tertiary/aromatic N) is 1. The summed E-state index contributed by atoms with van der Waals surface area (Å²) in [6, 6.07) is 9.26. The number of anilines is 1. The lowest BCUT2D eigenvalue weighted by molar-refractivity contribution is 0.589. The molecule has 1 aliphatic rings. The van der Waals surface area contributed by atoms with Gasteiger partial charge in [0.25, 0.3) is 0 Å². The third-order valence-corrected chi connectivity index (χ3v) is 4.99. The molecule has 18 heavy (non-hydrogen) atoms. The van der Waals surface area contributed by atoms with Crippen LogP contribution in [0.1, 0.15) is 24.6 Å². The molecule has 1 aromatic heterocycles. The van der Waals surface area contributed by atoms with Gasteiger partial charge in [0.15, 0.2) is 0 Å². The van der Waals surface area contributed by atoms with E-state index in [0.29, 0.717) is 5.92 Å². The monoisotopic (exact) mass is 260 g/mol. The summed E-state index contributed by atoms with van der Waals surface area (Å²) in [6.07, 6.45) is 0. The van der Waals surface area contributed by atoms with Crippen LogP contribution in [0.3, 0.4) is 0 Å². The average molecular weight is 260 g/mol. The molecule has 3 rings (SSSR count). The first-order chi connectivity index (χ1) is 8.74. The van der Waals surface area contributed by atoms with Crippen molar-refractivity contribution in [2.24, 2.45) is 0 Å². The smallest absolute Gasteiger partial charge is 0.0374 e. The Bertz CT molecular complexity index is 538. The van der Waals surface area contributed by atoms with E-state index in [0.717, 1.165) is 26.2 Å². The van der Waals surface area contributed by atoms with Crippen LogP contribution in [0.4, 0.5) is 5.69 Å². The molecule has 96 valence electrons. The van der Waals surface area contributed by atoms with Crippen LogP contribution < -0.4 is 10.2 Å². The van der Waals surface area contributed by atoms with Crippen LogP contribution in [0.2, 0.25) is 0 Å². The molecule has 1 saturated heterocycles. The summed E-state index contributed by atoms with van der Waals surface area (Å²) in [5.41, 5.74) is 1.37. The van der Waals surface area contributed by atoms with Crippen molar-refractivity contribution in [1.82, 2.24) is 5.32 Å². The predicted octanol–water partition coefficient (Wildman–Crippen LogP) is 3.43. The van der Waals surface area contributed by atoms with E-state index in [9.17, 15) is 0 Å². The number of hydrogen-bond donors (Lipinski definition) is 1. The highest BCUT2D eigenvalue weighted by atomic mass is 32.1. The fraction of sp³-hybridized carbons (Fsp3) is 0.467. The van der Waals surface area contributed by atoms with Gasteiger partial charge in [-0.3, -0.25) is 0 Å². The number of nitrogens with one attached hydrogen (secondary N) is 1.